The molecule has 5 heteroatoms. The summed E-state index contributed by atoms with van der Waals surface area (Å²) in [6, 6.07) is 0. The lowest BCUT2D eigenvalue weighted by Gasteiger charge is -2.18. The van der Waals surface area contributed by atoms with Crippen LogP contribution in [-0.2, 0) is 19.0 Å². The summed E-state index contributed by atoms with van der Waals surface area (Å²) < 4.78 is 16.0. The molecule has 1 fully saturated rings. The highest BCUT2D eigenvalue weighted by atomic mass is 16.7. The summed E-state index contributed by atoms with van der Waals surface area (Å²) in [6.45, 7) is 8.40. The van der Waals surface area contributed by atoms with E-state index in [1.54, 1.807) is 0 Å². The van der Waals surface area contributed by atoms with Gasteiger partial charge in [0.25, 0.3) is 0 Å². The van der Waals surface area contributed by atoms with Gasteiger partial charge in [-0.25, -0.2) is 0 Å². The van der Waals surface area contributed by atoms with Crippen molar-refractivity contribution in [1.29, 1.82) is 0 Å². The molecule has 0 aromatic heterocycles. The van der Waals surface area contributed by atoms with Crippen molar-refractivity contribution in [1.82, 2.24) is 0 Å². The number of hydrogen-bond acceptors (Lipinski definition) is 5. The molecule has 1 heterocycles. The van der Waals surface area contributed by atoms with Crippen LogP contribution in [0.15, 0.2) is 0 Å². The van der Waals surface area contributed by atoms with Gasteiger partial charge < -0.3 is 19.3 Å². The number of hydrogen-bond donors (Lipinski definition) is 1. The molecule has 0 saturated carbocycles. The molecule has 1 aliphatic rings. The molecule has 0 spiro atoms. The van der Waals surface area contributed by atoms with E-state index >= 15 is 0 Å². The van der Waals surface area contributed by atoms with Crippen LogP contribution >= 0.6 is 0 Å². The van der Waals surface area contributed by atoms with E-state index in [4.69, 9.17) is 19.3 Å². The van der Waals surface area contributed by atoms with Gasteiger partial charge in [-0.1, -0.05) is 6.92 Å². The number of rotatable bonds is 4. The molecule has 0 amide bonds. The summed E-state index contributed by atoms with van der Waals surface area (Å²) in [4.78, 5) is 11.4. The summed E-state index contributed by atoms with van der Waals surface area (Å²) >= 11 is 0. The molecule has 0 aromatic rings. The second-order valence-corrected chi connectivity index (χ2v) is 4.34. The van der Waals surface area contributed by atoms with Crippen LogP contribution < -0.4 is 0 Å². The van der Waals surface area contributed by atoms with E-state index in [1.165, 1.54) is 0 Å². The molecular weight excluding hydrogens is 224 g/mol. The first-order chi connectivity index (χ1) is 7.94. The Kier molecular flexibility index (Phi) is 7.34. The summed E-state index contributed by atoms with van der Waals surface area (Å²) in [5, 5.41) is 7.00. The van der Waals surface area contributed by atoms with Crippen molar-refractivity contribution in [2.24, 2.45) is 5.92 Å². The third-order valence-corrected chi connectivity index (χ3v) is 2.37. The first kappa shape index (κ1) is 16.4. The second-order valence-electron chi connectivity index (χ2n) is 4.34. The largest absolute Gasteiger partial charge is 0.466 e. The van der Waals surface area contributed by atoms with E-state index < -0.39 is 5.79 Å². The van der Waals surface area contributed by atoms with E-state index in [0.29, 0.717) is 19.6 Å². The van der Waals surface area contributed by atoms with Gasteiger partial charge in [-0.15, -0.1) is 0 Å². The molecular formula is C12H24O5. The van der Waals surface area contributed by atoms with Crippen molar-refractivity contribution in [3.05, 3.63) is 0 Å². The molecule has 1 aliphatic heterocycles. The Labute approximate surface area is 103 Å². The van der Waals surface area contributed by atoms with Crippen LogP contribution in [0, 0.1) is 5.92 Å². The zero-order chi connectivity index (χ0) is 13.5. The van der Waals surface area contributed by atoms with Crippen molar-refractivity contribution in [3.63, 3.8) is 0 Å². The third-order valence-electron chi connectivity index (χ3n) is 2.37. The van der Waals surface area contributed by atoms with Gasteiger partial charge in [0.1, 0.15) is 0 Å². The Hall–Kier alpha value is -0.650. The first-order valence-corrected chi connectivity index (χ1v) is 5.87. The molecule has 0 bridgehead atoms. The lowest BCUT2D eigenvalue weighted by atomic mass is 10.0. The van der Waals surface area contributed by atoms with Crippen LogP contribution in [0.3, 0.4) is 0 Å². The van der Waals surface area contributed by atoms with Crippen LogP contribution in [0.2, 0.25) is 0 Å². The topological polar surface area (TPSA) is 65.0 Å². The van der Waals surface area contributed by atoms with Crippen LogP contribution in [-0.4, -0.2) is 43.3 Å². The molecule has 0 aromatic carbocycles. The van der Waals surface area contributed by atoms with E-state index in [2.05, 4.69) is 0 Å². The highest BCUT2D eigenvalue weighted by Gasteiger charge is 2.34. The van der Waals surface area contributed by atoms with Crippen molar-refractivity contribution >= 4 is 5.97 Å². The van der Waals surface area contributed by atoms with E-state index in [0.717, 1.165) is 7.11 Å². The molecule has 1 saturated heterocycles. The maximum Gasteiger partial charge on any atom is 0.308 e. The Morgan fingerprint density at radius 2 is 2.12 bits per heavy atom. The molecule has 0 radical (unpaired) electrons. The zero-order valence-electron chi connectivity index (χ0n) is 11.4. The average molecular weight is 248 g/mol. The maximum atomic E-state index is 11.4. The minimum atomic E-state index is -0.515. The SMILES string of the molecule is CCOC(=O)C(C)CC1COC(C)(C)O1.CO. The van der Waals surface area contributed by atoms with Crippen molar-refractivity contribution in [2.45, 2.75) is 46.0 Å². The Balaban J connectivity index is 0.00000121. The predicted molar refractivity (Wildman–Crippen MR) is 63.5 cm³/mol. The van der Waals surface area contributed by atoms with Gasteiger partial charge >= 0.3 is 5.97 Å². The second kappa shape index (κ2) is 7.63. The van der Waals surface area contributed by atoms with Crippen LogP contribution in [0.4, 0.5) is 0 Å². The number of carbonyl (C=O) groups excluding carboxylic acids is 1. The summed E-state index contributed by atoms with van der Waals surface area (Å²) in [7, 11) is 1.00. The Morgan fingerprint density at radius 1 is 1.53 bits per heavy atom. The fraction of sp³-hybridized carbons (Fsp3) is 0.917. The van der Waals surface area contributed by atoms with Gasteiger partial charge in [0.05, 0.1) is 25.2 Å². The van der Waals surface area contributed by atoms with Crippen molar-refractivity contribution in [3.8, 4) is 0 Å². The van der Waals surface area contributed by atoms with E-state index in [9.17, 15) is 4.79 Å². The van der Waals surface area contributed by atoms with Crippen LogP contribution in [0.5, 0.6) is 0 Å². The summed E-state index contributed by atoms with van der Waals surface area (Å²) in [5.74, 6) is -0.808. The lowest BCUT2D eigenvalue weighted by Crippen LogP contribution is -2.25. The highest BCUT2D eigenvalue weighted by Crippen LogP contribution is 2.26. The van der Waals surface area contributed by atoms with Crippen LogP contribution in [0.1, 0.15) is 34.1 Å². The number of carbonyl (C=O) groups is 1. The highest BCUT2D eigenvalue weighted by molar-refractivity contribution is 5.71. The fourth-order valence-electron chi connectivity index (χ4n) is 1.65. The maximum absolute atomic E-state index is 11.4. The van der Waals surface area contributed by atoms with E-state index in [1.807, 2.05) is 27.7 Å². The molecule has 0 aliphatic carbocycles. The number of ether oxygens (including phenoxy) is 3. The van der Waals surface area contributed by atoms with E-state index in [-0.39, 0.29) is 18.0 Å². The molecule has 2 atom stereocenters. The zero-order valence-corrected chi connectivity index (χ0v) is 11.4. The minimum Gasteiger partial charge on any atom is -0.466 e. The quantitative estimate of drug-likeness (QED) is 0.760. The monoisotopic (exact) mass is 248 g/mol. The Morgan fingerprint density at radius 3 is 2.53 bits per heavy atom. The number of aliphatic hydroxyl groups excluding tert-OH is 1. The first-order valence-electron chi connectivity index (χ1n) is 5.87. The number of esters is 1. The molecule has 5 nitrogen and oxygen atoms in total. The average Bonchev–Trinajstić information content (AvgIpc) is 2.61. The molecule has 1 N–H and O–H groups in total. The normalized spacial score (nSPS) is 23.5. The Bertz CT molecular complexity index is 227. The smallest absolute Gasteiger partial charge is 0.308 e. The molecule has 2 unspecified atom stereocenters. The van der Waals surface area contributed by atoms with Gasteiger partial charge in [-0.3, -0.25) is 4.79 Å². The van der Waals surface area contributed by atoms with Gasteiger partial charge in [-0.2, -0.15) is 0 Å². The van der Waals surface area contributed by atoms with Crippen molar-refractivity contribution in [2.75, 3.05) is 20.3 Å². The van der Waals surface area contributed by atoms with Crippen molar-refractivity contribution < 1.29 is 24.1 Å². The van der Waals surface area contributed by atoms with Gasteiger partial charge in [-0.05, 0) is 27.2 Å². The molecule has 17 heavy (non-hydrogen) atoms. The molecule has 102 valence electrons. The number of aliphatic hydroxyl groups is 1. The van der Waals surface area contributed by atoms with Gasteiger partial charge in [0, 0.05) is 7.11 Å². The van der Waals surface area contributed by atoms with Gasteiger partial charge in [0.15, 0.2) is 5.79 Å². The van der Waals surface area contributed by atoms with Crippen LogP contribution in [0.25, 0.3) is 0 Å². The minimum absolute atomic E-state index is 0.000550. The summed E-state index contributed by atoms with van der Waals surface area (Å²) in [5.41, 5.74) is 0. The predicted octanol–water partition coefficient (Wildman–Crippen LogP) is 1.34. The lowest BCUT2D eigenvalue weighted by molar-refractivity contribution is -0.153. The molecule has 1 rings (SSSR count). The standard InChI is InChI=1S/C11H20O4.CH4O/c1-5-13-10(12)8(2)6-9-7-14-11(3,4)15-9;1-2/h8-9H,5-7H2,1-4H3;2H,1H3. The fourth-order valence-corrected chi connectivity index (χ4v) is 1.65. The van der Waals surface area contributed by atoms with Gasteiger partial charge in [0.2, 0.25) is 0 Å². The third kappa shape index (κ3) is 6.00. The summed E-state index contributed by atoms with van der Waals surface area (Å²) in [6.07, 6.45) is 0.654.